The predicted octanol–water partition coefficient (Wildman–Crippen LogP) is 4.17. The monoisotopic (exact) mass is 406 g/mol. The van der Waals surface area contributed by atoms with Crippen LogP contribution in [-0.4, -0.2) is 35.5 Å². The van der Waals surface area contributed by atoms with E-state index < -0.39 is 0 Å². The third kappa shape index (κ3) is 4.36. The Kier molecular flexibility index (Phi) is 5.56. The van der Waals surface area contributed by atoms with Crippen LogP contribution in [0.3, 0.4) is 0 Å². The molecule has 1 aromatic carbocycles. The average Bonchev–Trinajstić information content (AvgIpc) is 3.20. The van der Waals surface area contributed by atoms with E-state index in [1.54, 1.807) is 11.3 Å². The quantitative estimate of drug-likeness (QED) is 0.598. The molecule has 4 nitrogen and oxygen atoms in total. The second kappa shape index (κ2) is 7.66. The number of nitrogens with zero attached hydrogens (tertiary/aromatic N) is 3. The summed E-state index contributed by atoms with van der Waals surface area (Å²) in [5.74, 6) is 1.54. The van der Waals surface area contributed by atoms with Crippen LogP contribution in [0.1, 0.15) is 35.5 Å². The SMILES string of the molecule is CCN=C(NC1CC1c1ccc(Br)cc1)N(C)Cc1csc(C)n1. The van der Waals surface area contributed by atoms with E-state index in [-0.39, 0.29) is 0 Å². The van der Waals surface area contributed by atoms with Gasteiger partial charge in [0.05, 0.1) is 17.2 Å². The number of guanidine groups is 1. The summed E-state index contributed by atoms with van der Waals surface area (Å²) in [6.07, 6.45) is 1.16. The molecule has 2 aromatic rings. The van der Waals surface area contributed by atoms with Gasteiger partial charge in [-0.25, -0.2) is 4.98 Å². The molecule has 128 valence electrons. The fourth-order valence-corrected chi connectivity index (χ4v) is 3.69. The van der Waals surface area contributed by atoms with Gasteiger partial charge in [-0.1, -0.05) is 28.1 Å². The Morgan fingerprint density at radius 2 is 2.17 bits per heavy atom. The number of aromatic nitrogens is 1. The maximum absolute atomic E-state index is 4.65. The molecule has 1 aliphatic carbocycles. The number of rotatable bonds is 5. The normalized spacial score (nSPS) is 20.1. The lowest BCUT2D eigenvalue weighted by Gasteiger charge is -2.22. The third-order valence-electron chi connectivity index (χ3n) is 4.14. The molecular weight excluding hydrogens is 384 g/mol. The van der Waals surface area contributed by atoms with E-state index >= 15 is 0 Å². The lowest BCUT2D eigenvalue weighted by atomic mass is 10.1. The molecule has 0 saturated heterocycles. The molecule has 0 radical (unpaired) electrons. The molecule has 0 amide bonds. The maximum atomic E-state index is 4.65. The lowest BCUT2D eigenvalue weighted by molar-refractivity contribution is 0.468. The molecule has 0 bridgehead atoms. The zero-order valence-corrected chi connectivity index (χ0v) is 16.7. The predicted molar refractivity (Wildman–Crippen MR) is 105 cm³/mol. The van der Waals surface area contributed by atoms with Gasteiger partial charge in [-0.05, 0) is 38.0 Å². The minimum atomic E-state index is 0.469. The Bertz CT molecular complexity index is 710. The molecule has 1 aromatic heterocycles. The van der Waals surface area contributed by atoms with Gasteiger partial charge in [0.25, 0.3) is 0 Å². The maximum Gasteiger partial charge on any atom is 0.194 e. The van der Waals surface area contributed by atoms with Gasteiger partial charge in [0.2, 0.25) is 0 Å². The number of benzene rings is 1. The standard InChI is InChI=1S/C18H23BrN4S/c1-4-20-18(23(3)10-15-11-24-12(2)21-15)22-17-9-16(17)13-5-7-14(19)8-6-13/h5-8,11,16-17H,4,9-10H2,1-3H3,(H,20,22). The summed E-state index contributed by atoms with van der Waals surface area (Å²) >= 11 is 5.19. The number of thiazole rings is 1. The van der Waals surface area contributed by atoms with E-state index in [0.717, 1.165) is 40.6 Å². The molecule has 1 N–H and O–H groups in total. The van der Waals surface area contributed by atoms with Crippen LogP contribution in [0.25, 0.3) is 0 Å². The van der Waals surface area contributed by atoms with Crippen LogP contribution in [0.15, 0.2) is 39.1 Å². The molecule has 2 atom stereocenters. The van der Waals surface area contributed by atoms with Gasteiger partial charge in [0, 0.05) is 35.4 Å². The molecule has 6 heteroatoms. The highest BCUT2D eigenvalue weighted by Gasteiger charge is 2.39. The fraction of sp³-hybridized carbons (Fsp3) is 0.444. The minimum Gasteiger partial charge on any atom is -0.353 e. The van der Waals surface area contributed by atoms with Crippen molar-refractivity contribution in [3.05, 3.63) is 50.4 Å². The second-order valence-corrected chi connectivity index (χ2v) is 8.13. The van der Waals surface area contributed by atoms with Crippen molar-refractivity contribution in [2.24, 2.45) is 4.99 Å². The van der Waals surface area contributed by atoms with Crippen LogP contribution >= 0.6 is 27.3 Å². The van der Waals surface area contributed by atoms with Gasteiger partial charge in [0.15, 0.2) is 5.96 Å². The van der Waals surface area contributed by atoms with Crippen molar-refractivity contribution in [2.75, 3.05) is 13.6 Å². The molecule has 1 aliphatic rings. The molecule has 24 heavy (non-hydrogen) atoms. The molecule has 0 spiro atoms. The van der Waals surface area contributed by atoms with Gasteiger partial charge in [-0.15, -0.1) is 11.3 Å². The van der Waals surface area contributed by atoms with Crippen molar-refractivity contribution >= 4 is 33.2 Å². The van der Waals surface area contributed by atoms with Crippen molar-refractivity contribution in [3.8, 4) is 0 Å². The van der Waals surface area contributed by atoms with E-state index in [9.17, 15) is 0 Å². The molecule has 1 saturated carbocycles. The molecule has 1 heterocycles. The van der Waals surface area contributed by atoms with E-state index in [1.165, 1.54) is 5.56 Å². The van der Waals surface area contributed by atoms with Crippen LogP contribution in [0, 0.1) is 6.92 Å². The summed E-state index contributed by atoms with van der Waals surface area (Å²) in [7, 11) is 2.08. The van der Waals surface area contributed by atoms with Crippen molar-refractivity contribution < 1.29 is 0 Å². The van der Waals surface area contributed by atoms with Crippen LogP contribution in [0.4, 0.5) is 0 Å². The van der Waals surface area contributed by atoms with Crippen LogP contribution in [-0.2, 0) is 6.54 Å². The van der Waals surface area contributed by atoms with Gasteiger partial charge < -0.3 is 10.2 Å². The number of halogens is 1. The highest BCUT2D eigenvalue weighted by atomic mass is 79.9. The summed E-state index contributed by atoms with van der Waals surface area (Å²) in [6.45, 7) is 5.67. The first-order valence-electron chi connectivity index (χ1n) is 8.25. The Labute approximate surface area is 156 Å². The minimum absolute atomic E-state index is 0.469. The number of hydrogen-bond donors (Lipinski definition) is 1. The van der Waals surface area contributed by atoms with Gasteiger partial charge in [-0.2, -0.15) is 0 Å². The second-order valence-electron chi connectivity index (χ2n) is 6.16. The first kappa shape index (κ1) is 17.4. The molecular formula is C18H23BrN4S. The Morgan fingerprint density at radius 3 is 2.79 bits per heavy atom. The van der Waals surface area contributed by atoms with E-state index in [2.05, 4.69) is 79.7 Å². The van der Waals surface area contributed by atoms with Crippen molar-refractivity contribution in [2.45, 2.75) is 38.8 Å². The van der Waals surface area contributed by atoms with Crippen LogP contribution in [0.5, 0.6) is 0 Å². The fourth-order valence-electron chi connectivity index (χ4n) is 2.82. The summed E-state index contributed by atoms with van der Waals surface area (Å²) in [5.41, 5.74) is 2.50. The van der Waals surface area contributed by atoms with Crippen LogP contribution in [0.2, 0.25) is 0 Å². The average molecular weight is 407 g/mol. The number of nitrogens with one attached hydrogen (secondary N) is 1. The topological polar surface area (TPSA) is 40.5 Å². The Morgan fingerprint density at radius 1 is 1.42 bits per heavy atom. The largest absolute Gasteiger partial charge is 0.353 e. The van der Waals surface area contributed by atoms with Gasteiger partial charge >= 0.3 is 0 Å². The lowest BCUT2D eigenvalue weighted by Crippen LogP contribution is -2.40. The first-order valence-corrected chi connectivity index (χ1v) is 9.92. The highest BCUT2D eigenvalue weighted by Crippen LogP contribution is 2.41. The van der Waals surface area contributed by atoms with Gasteiger partial charge in [0.1, 0.15) is 0 Å². The Balaban J connectivity index is 1.60. The smallest absolute Gasteiger partial charge is 0.194 e. The molecule has 0 aliphatic heterocycles. The first-order chi connectivity index (χ1) is 11.6. The number of aliphatic imine (C=N–C) groups is 1. The van der Waals surface area contributed by atoms with Crippen molar-refractivity contribution in [1.82, 2.24) is 15.2 Å². The van der Waals surface area contributed by atoms with Gasteiger partial charge in [-0.3, -0.25) is 4.99 Å². The summed E-state index contributed by atoms with van der Waals surface area (Å²) < 4.78 is 1.13. The summed E-state index contributed by atoms with van der Waals surface area (Å²) in [4.78, 5) is 11.4. The molecule has 2 unspecified atom stereocenters. The Hall–Kier alpha value is -1.40. The molecule has 1 fully saturated rings. The zero-order valence-electron chi connectivity index (χ0n) is 14.3. The third-order valence-corrected chi connectivity index (χ3v) is 5.49. The van der Waals surface area contributed by atoms with Crippen molar-refractivity contribution in [3.63, 3.8) is 0 Å². The number of aryl methyl sites for hydroxylation is 1. The summed E-state index contributed by atoms with van der Waals surface area (Å²) in [5, 5.41) is 6.85. The summed E-state index contributed by atoms with van der Waals surface area (Å²) in [6, 6.07) is 9.10. The van der Waals surface area contributed by atoms with Crippen molar-refractivity contribution in [1.29, 1.82) is 0 Å². The van der Waals surface area contributed by atoms with E-state index in [4.69, 9.17) is 0 Å². The van der Waals surface area contributed by atoms with E-state index in [0.29, 0.717) is 12.0 Å². The molecule has 3 rings (SSSR count). The number of hydrogen-bond acceptors (Lipinski definition) is 3. The van der Waals surface area contributed by atoms with Crippen LogP contribution < -0.4 is 5.32 Å². The highest BCUT2D eigenvalue weighted by molar-refractivity contribution is 9.10. The van der Waals surface area contributed by atoms with E-state index in [1.807, 2.05) is 6.92 Å². The zero-order chi connectivity index (χ0) is 17.1.